The molecule has 0 saturated carbocycles. The molecule has 0 saturated heterocycles. The van der Waals surface area contributed by atoms with Crippen LogP contribution in [-0.4, -0.2) is 27.8 Å². The number of rotatable bonds is 6. The fourth-order valence-corrected chi connectivity index (χ4v) is 3.16. The second kappa shape index (κ2) is 7.48. The van der Waals surface area contributed by atoms with Crippen LogP contribution in [0.2, 0.25) is 0 Å². The van der Waals surface area contributed by atoms with Gasteiger partial charge >= 0.3 is 0 Å². The Kier molecular flexibility index (Phi) is 5.14. The SMILES string of the molecule is CC[C@@H](C)[C@@H](NC(=O)c1cccs1)C(=O)Nc1nc2ccccc2[nH]1. The van der Waals surface area contributed by atoms with Crippen LogP contribution in [0.25, 0.3) is 11.0 Å². The number of fused-ring (bicyclic) bond motifs is 1. The number of hydrogen-bond acceptors (Lipinski definition) is 4. The van der Waals surface area contributed by atoms with Gasteiger partial charge in [-0.25, -0.2) is 4.98 Å². The number of imidazole rings is 1. The molecule has 0 bridgehead atoms. The second-order valence-corrected chi connectivity index (χ2v) is 6.85. The summed E-state index contributed by atoms with van der Waals surface area (Å²) in [5.41, 5.74) is 1.63. The highest BCUT2D eigenvalue weighted by Crippen LogP contribution is 2.16. The van der Waals surface area contributed by atoms with Crippen LogP contribution in [0.4, 0.5) is 5.95 Å². The maximum absolute atomic E-state index is 12.7. The Labute approximate surface area is 149 Å². The number of aromatic nitrogens is 2. The van der Waals surface area contributed by atoms with Crippen LogP contribution in [0.1, 0.15) is 29.9 Å². The van der Waals surface area contributed by atoms with Crippen molar-refractivity contribution in [2.24, 2.45) is 5.92 Å². The summed E-state index contributed by atoms with van der Waals surface area (Å²) < 4.78 is 0. The van der Waals surface area contributed by atoms with Crippen LogP contribution >= 0.6 is 11.3 Å². The number of nitrogens with one attached hydrogen (secondary N) is 3. The molecular formula is C18H20N4O2S. The van der Waals surface area contributed by atoms with E-state index in [-0.39, 0.29) is 17.7 Å². The molecule has 0 aliphatic rings. The fraction of sp³-hybridized carbons (Fsp3) is 0.278. The highest BCUT2D eigenvalue weighted by atomic mass is 32.1. The number of aromatic amines is 1. The third-order valence-electron chi connectivity index (χ3n) is 4.16. The molecule has 2 aromatic heterocycles. The number of H-pyrrole nitrogens is 1. The Hall–Kier alpha value is -2.67. The number of nitrogens with zero attached hydrogens (tertiary/aromatic N) is 1. The molecule has 0 fully saturated rings. The first-order valence-electron chi connectivity index (χ1n) is 8.18. The van der Waals surface area contributed by atoms with Gasteiger partial charge < -0.3 is 10.3 Å². The zero-order valence-corrected chi connectivity index (χ0v) is 14.9. The van der Waals surface area contributed by atoms with Gasteiger partial charge in [0.15, 0.2) is 0 Å². The third kappa shape index (κ3) is 3.88. The van der Waals surface area contributed by atoms with Crippen molar-refractivity contribution >= 4 is 40.1 Å². The van der Waals surface area contributed by atoms with Gasteiger partial charge in [0, 0.05) is 0 Å². The first-order chi connectivity index (χ1) is 12.1. The van der Waals surface area contributed by atoms with Gasteiger partial charge in [-0.1, -0.05) is 38.5 Å². The number of hydrogen-bond donors (Lipinski definition) is 3. The van der Waals surface area contributed by atoms with Gasteiger partial charge in [0.1, 0.15) is 6.04 Å². The Morgan fingerprint density at radius 3 is 2.72 bits per heavy atom. The minimum Gasteiger partial charge on any atom is -0.339 e. The summed E-state index contributed by atoms with van der Waals surface area (Å²) in [6, 6.07) is 10.5. The maximum atomic E-state index is 12.7. The summed E-state index contributed by atoms with van der Waals surface area (Å²) in [4.78, 5) is 33.0. The van der Waals surface area contributed by atoms with Crippen LogP contribution in [0.15, 0.2) is 41.8 Å². The second-order valence-electron chi connectivity index (χ2n) is 5.91. The minimum atomic E-state index is -0.632. The van der Waals surface area contributed by atoms with Crippen molar-refractivity contribution in [3.63, 3.8) is 0 Å². The van der Waals surface area contributed by atoms with Crippen molar-refractivity contribution < 1.29 is 9.59 Å². The Balaban J connectivity index is 1.75. The van der Waals surface area contributed by atoms with Crippen LogP contribution in [0, 0.1) is 5.92 Å². The molecular weight excluding hydrogens is 336 g/mol. The number of thiophene rings is 1. The average molecular weight is 356 g/mol. The van der Waals surface area contributed by atoms with Crippen molar-refractivity contribution in [2.45, 2.75) is 26.3 Å². The van der Waals surface area contributed by atoms with E-state index in [1.165, 1.54) is 11.3 Å². The van der Waals surface area contributed by atoms with Crippen LogP contribution in [0.5, 0.6) is 0 Å². The summed E-state index contributed by atoms with van der Waals surface area (Å²) in [6.07, 6.45) is 0.767. The van der Waals surface area contributed by atoms with Crippen molar-refractivity contribution in [2.75, 3.05) is 5.32 Å². The number of anilines is 1. The molecule has 0 aliphatic carbocycles. The quantitative estimate of drug-likeness (QED) is 0.632. The van der Waals surface area contributed by atoms with E-state index in [9.17, 15) is 9.59 Å². The molecule has 25 heavy (non-hydrogen) atoms. The van der Waals surface area contributed by atoms with Crippen LogP contribution < -0.4 is 10.6 Å². The lowest BCUT2D eigenvalue weighted by Gasteiger charge is -2.22. The molecule has 7 heteroatoms. The summed E-state index contributed by atoms with van der Waals surface area (Å²) in [7, 11) is 0. The van der Waals surface area contributed by atoms with Gasteiger partial charge in [0.05, 0.1) is 15.9 Å². The lowest BCUT2D eigenvalue weighted by molar-refractivity contribution is -0.119. The Bertz CT molecular complexity index is 839. The van der Waals surface area contributed by atoms with E-state index < -0.39 is 6.04 Å². The molecule has 0 spiro atoms. The minimum absolute atomic E-state index is 0.00621. The number of carbonyl (C=O) groups is 2. The lowest BCUT2D eigenvalue weighted by atomic mass is 9.98. The predicted octanol–water partition coefficient (Wildman–Crippen LogP) is 3.41. The highest BCUT2D eigenvalue weighted by Gasteiger charge is 2.27. The molecule has 2 heterocycles. The summed E-state index contributed by atoms with van der Waals surface area (Å²) in [5, 5.41) is 7.46. The summed E-state index contributed by atoms with van der Waals surface area (Å²) >= 11 is 1.35. The van der Waals surface area contributed by atoms with Crippen molar-refractivity contribution in [1.29, 1.82) is 0 Å². The van der Waals surface area contributed by atoms with E-state index in [1.807, 2.05) is 49.6 Å². The molecule has 3 N–H and O–H groups in total. The lowest BCUT2D eigenvalue weighted by Crippen LogP contribution is -2.47. The van der Waals surface area contributed by atoms with E-state index in [0.717, 1.165) is 17.5 Å². The molecule has 0 radical (unpaired) electrons. The molecule has 0 unspecified atom stereocenters. The van der Waals surface area contributed by atoms with Gasteiger partial charge in [-0.3, -0.25) is 14.9 Å². The van der Waals surface area contributed by atoms with Crippen molar-refractivity contribution in [3.8, 4) is 0 Å². The first-order valence-corrected chi connectivity index (χ1v) is 9.06. The monoisotopic (exact) mass is 356 g/mol. The number of amides is 2. The summed E-state index contributed by atoms with van der Waals surface area (Å²) in [6.45, 7) is 3.93. The van der Waals surface area contributed by atoms with Gasteiger partial charge in [-0.05, 0) is 29.5 Å². The topological polar surface area (TPSA) is 86.9 Å². The molecule has 0 aliphatic heterocycles. The largest absolute Gasteiger partial charge is 0.339 e. The molecule has 2 amide bonds. The van der Waals surface area contributed by atoms with Crippen molar-refractivity contribution in [3.05, 3.63) is 46.7 Å². The van der Waals surface area contributed by atoms with E-state index in [1.54, 1.807) is 6.07 Å². The maximum Gasteiger partial charge on any atom is 0.262 e. The normalized spacial score (nSPS) is 13.4. The highest BCUT2D eigenvalue weighted by molar-refractivity contribution is 7.12. The number of para-hydroxylation sites is 2. The van der Waals surface area contributed by atoms with Gasteiger partial charge in [0.25, 0.3) is 5.91 Å². The number of carbonyl (C=O) groups excluding carboxylic acids is 2. The number of benzene rings is 1. The van der Waals surface area contributed by atoms with Crippen molar-refractivity contribution in [1.82, 2.24) is 15.3 Å². The van der Waals surface area contributed by atoms with Crippen LogP contribution in [0.3, 0.4) is 0 Å². The van der Waals surface area contributed by atoms with E-state index in [0.29, 0.717) is 10.8 Å². The molecule has 2 atom stereocenters. The van der Waals surface area contributed by atoms with E-state index >= 15 is 0 Å². The smallest absolute Gasteiger partial charge is 0.262 e. The van der Waals surface area contributed by atoms with Crippen LogP contribution in [-0.2, 0) is 4.79 Å². The molecule has 130 valence electrons. The molecule has 6 nitrogen and oxygen atoms in total. The zero-order chi connectivity index (χ0) is 17.8. The Morgan fingerprint density at radius 2 is 2.04 bits per heavy atom. The molecule has 3 rings (SSSR count). The molecule has 1 aromatic carbocycles. The van der Waals surface area contributed by atoms with E-state index in [2.05, 4.69) is 20.6 Å². The average Bonchev–Trinajstić information content (AvgIpc) is 3.27. The third-order valence-corrected chi connectivity index (χ3v) is 5.03. The first kappa shape index (κ1) is 17.2. The summed E-state index contributed by atoms with van der Waals surface area (Å²) in [5.74, 6) is -0.142. The fourth-order valence-electron chi connectivity index (χ4n) is 2.53. The van der Waals surface area contributed by atoms with Gasteiger partial charge in [-0.2, -0.15) is 0 Å². The molecule has 3 aromatic rings. The van der Waals surface area contributed by atoms with E-state index in [4.69, 9.17) is 0 Å². The standard InChI is InChI=1S/C18H20N4O2S/c1-3-11(2)15(21-16(23)14-9-6-10-25-14)17(24)22-18-19-12-7-4-5-8-13(12)20-18/h4-11,15H,3H2,1-2H3,(H,21,23)(H2,19,20,22,24)/t11-,15-/m1/s1. The predicted molar refractivity (Wildman–Crippen MR) is 99.8 cm³/mol. The van der Waals surface area contributed by atoms with Gasteiger partial charge in [-0.15, -0.1) is 11.3 Å². The zero-order valence-electron chi connectivity index (χ0n) is 14.1. The van der Waals surface area contributed by atoms with Gasteiger partial charge in [0.2, 0.25) is 11.9 Å². The Morgan fingerprint density at radius 1 is 1.24 bits per heavy atom.